The van der Waals surface area contributed by atoms with Gasteiger partial charge in [-0.2, -0.15) is 0 Å². The van der Waals surface area contributed by atoms with Gasteiger partial charge >= 0.3 is 0 Å². The third-order valence-electron chi connectivity index (χ3n) is 2.95. The highest BCUT2D eigenvalue weighted by molar-refractivity contribution is 7.09. The Morgan fingerprint density at radius 2 is 2.11 bits per heavy atom. The molecule has 1 aromatic carbocycles. The molecule has 1 atom stereocenters. The summed E-state index contributed by atoms with van der Waals surface area (Å²) in [6.07, 6.45) is 0. The topological polar surface area (TPSA) is 52.0 Å². The summed E-state index contributed by atoms with van der Waals surface area (Å²) in [5.41, 5.74) is 9.14. The van der Waals surface area contributed by atoms with Crippen LogP contribution in [0.5, 0.6) is 0 Å². The molecule has 0 fully saturated rings. The second-order valence-corrected chi connectivity index (χ2v) is 5.52. The molecule has 18 heavy (non-hydrogen) atoms. The molecular weight excluding hydrogens is 244 g/mol. The Balaban J connectivity index is 2.03. The molecule has 0 saturated heterocycles. The highest BCUT2D eigenvalue weighted by atomic mass is 32.1. The van der Waals surface area contributed by atoms with Gasteiger partial charge in [-0.05, 0) is 32.0 Å². The Morgan fingerprint density at radius 3 is 2.83 bits per heavy atom. The second kappa shape index (κ2) is 4.23. The molecule has 0 saturated carbocycles. The van der Waals surface area contributed by atoms with Gasteiger partial charge < -0.3 is 10.2 Å². The van der Waals surface area contributed by atoms with Crippen molar-refractivity contribution >= 4 is 22.3 Å². The summed E-state index contributed by atoms with van der Waals surface area (Å²) in [5, 5.41) is 4.10. The van der Waals surface area contributed by atoms with Crippen molar-refractivity contribution in [2.45, 2.75) is 19.9 Å². The molecule has 0 spiro atoms. The first-order valence-corrected chi connectivity index (χ1v) is 6.69. The molecule has 3 aromatic rings. The number of hydrogen-bond donors (Lipinski definition) is 1. The number of rotatable bonds is 2. The lowest BCUT2D eigenvalue weighted by atomic mass is 10.1. The minimum atomic E-state index is -0.289. The third kappa shape index (κ3) is 1.94. The molecule has 0 radical (unpaired) electrons. The van der Waals surface area contributed by atoms with Crippen molar-refractivity contribution in [2.75, 3.05) is 0 Å². The minimum absolute atomic E-state index is 0.289. The number of fused-ring (bicyclic) bond motifs is 1. The van der Waals surface area contributed by atoms with E-state index in [1.165, 1.54) is 5.56 Å². The molecule has 92 valence electrons. The maximum atomic E-state index is 6.18. The summed E-state index contributed by atoms with van der Waals surface area (Å²) in [4.78, 5) is 4.41. The van der Waals surface area contributed by atoms with Crippen LogP contribution in [0.2, 0.25) is 0 Å². The van der Waals surface area contributed by atoms with Crippen LogP contribution in [0.15, 0.2) is 34.1 Å². The SMILES string of the molecule is Cc1ccc2oc(C(N)c3csc(C)n3)cc2c1. The van der Waals surface area contributed by atoms with Crippen LogP contribution in [0.25, 0.3) is 11.0 Å². The Bertz CT molecular complexity index is 699. The van der Waals surface area contributed by atoms with E-state index in [0.717, 1.165) is 27.4 Å². The normalized spacial score (nSPS) is 13.1. The third-order valence-corrected chi connectivity index (χ3v) is 3.74. The van der Waals surface area contributed by atoms with E-state index in [1.807, 2.05) is 30.5 Å². The average molecular weight is 258 g/mol. The quantitative estimate of drug-likeness (QED) is 0.764. The van der Waals surface area contributed by atoms with Crippen molar-refractivity contribution in [3.8, 4) is 0 Å². The van der Waals surface area contributed by atoms with Crippen LogP contribution in [0, 0.1) is 13.8 Å². The highest BCUT2D eigenvalue weighted by Crippen LogP contribution is 2.27. The van der Waals surface area contributed by atoms with Crippen LogP contribution in [0.4, 0.5) is 0 Å². The number of hydrogen-bond acceptors (Lipinski definition) is 4. The summed E-state index contributed by atoms with van der Waals surface area (Å²) in [5.74, 6) is 0.765. The van der Waals surface area contributed by atoms with Gasteiger partial charge in [-0.3, -0.25) is 0 Å². The van der Waals surface area contributed by atoms with Gasteiger partial charge in [0.15, 0.2) is 0 Å². The number of benzene rings is 1. The summed E-state index contributed by atoms with van der Waals surface area (Å²) in [7, 11) is 0. The van der Waals surface area contributed by atoms with Gasteiger partial charge in [-0.1, -0.05) is 11.6 Å². The molecule has 1 unspecified atom stereocenters. The van der Waals surface area contributed by atoms with Gasteiger partial charge in [0.2, 0.25) is 0 Å². The zero-order valence-corrected chi connectivity index (χ0v) is 11.1. The Kier molecular flexibility index (Phi) is 2.69. The first-order valence-electron chi connectivity index (χ1n) is 5.81. The summed E-state index contributed by atoms with van der Waals surface area (Å²) >= 11 is 1.60. The van der Waals surface area contributed by atoms with Crippen molar-refractivity contribution in [2.24, 2.45) is 5.73 Å². The maximum Gasteiger partial charge on any atom is 0.134 e. The minimum Gasteiger partial charge on any atom is -0.459 e. The van der Waals surface area contributed by atoms with Crippen molar-refractivity contribution in [1.29, 1.82) is 0 Å². The standard InChI is InChI=1S/C14H14N2OS/c1-8-3-4-12-10(5-8)6-13(17-12)14(15)11-7-18-9(2)16-11/h3-7,14H,15H2,1-2H3. The molecule has 3 rings (SSSR count). The lowest BCUT2D eigenvalue weighted by molar-refractivity contribution is 0.521. The van der Waals surface area contributed by atoms with Crippen LogP contribution in [0.3, 0.4) is 0 Å². The van der Waals surface area contributed by atoms with Crippen molar-refractivity contribution in [1.82, 2.24) is 4.98 Å². The van der Waals surface area contributed by atoms with Gasteiger partial charge in [0.05, 0.1) is 10.7 Å². The van der Waals surface area contributed by atoms with Gasteiger partial charge in [0.1, 0.15) is 17.4 Å². The molecule has 2 aromatic heterocycles. The van der Waals surface area contributed by atoms with Crippen LogP contribution < -0.4 is 5.73 Å². The van der Waals surface area contributed by atoms with E-state index in [1.54, 1.807) is 11.3 Å². The number of nitrogens with zero attached hydrogens (tertiary/aromatic N) is 1. The number of nitrogens with two attached hydrogens (primary N) is 1. The lowest BCUT2D eigenvalue weighted by Gasteiger charge is -2.03. The van der Waals surface area contributed by atoms with E-state index in [9.17, 15) is 0 Å². The molecule has 4 heteroatoms. The van der Waals surface area contributed by atoms with E-state index in [2.05, 4.69) is 18.0 Å². The van der Waals surface area contributed by atoms with Gasteiger partial charge in [0.25, 0.3) is 0 Å². The van der Waals surface area contributed by atoms with E-state index in [0.29, 0.717) is 0 Å². The Hall–Kier alpha value is -1.65. The fraction of sp³-hybridized carbons (Fsp3) is 0.214. The van der Waals surface area contributed by atoms with Gasteiger partial charge in [0, 0.05) is 10.8 Å². The molecule has 0 amide bonds. The summed E-state index contributed by atoms with van der Waals surface area (Å²) in [6, 6.07) is 7.83. The van der Waals surface area contributed by atoms with Crippen LogP contribution in [-0.2, 0) is 0 Å². The predicted molar refractivity (Wildman–Crippen MR) is 73.8 cm³/mol. The molecule has 0 bridgehead atoms. The predicted octanol–water partition coefficient (Wildman–Crippen LogP) is 3.55. The Morgan fingerprint density at radius 1 is 1.28 bits per heavy atom. The average Bonchev–Trinajstić information content (AvgIpc) is 2.93. The smallest absolute Gasteiger partial charge is 0.134 e. The molecule has 3 nitrogen and oxygen atoms in total. The molecule has 0 aliphatic carbocycles. The number of thiazole rings is 1. The first kappa shape index (κ1) is 11.4. The Labute approximate surface area is 109 Å². The van der Waals surface area contributed by atoms with Crippen molar-refractivity contribution < 1.29 is 4.42 Å². The summed E-state index contributed by atoms with van der Waals surface area (Å²) in [6.45, 7) is 4.04. The zero-order chi connectivity index (χ0) is 12.7. The van der Waals surface area contributed by atoms with E-state index >= 15 is 0 Å². The monoisotopic (exact) mass is 258 g/mol. The lowest BCUT2D eigenvalue weighted by Crippen LogP contribution is -2.11. The fourth-order valence-electron chi connectivity index (χ4n) is 2.01. The largest absolute Gasteiger partial charge is 0.459 e. The highest BCUT2D eigenvalue weighted by Gasteiger charge is 2.16. The first-order chi connectivity index (χ1) is 8.63. The second-order valence-electron chi connectivity index (χ2n) is 4.46. The van der Waals surface area contributed by atoms with E-state index < -0.39 is 0 Å². The molecule has 2 heterocycles. The maximum absolute atomic E-state index is 6.18. The number of furan rings is 1. The van der Waals surface area contributed by atoms with Gasteiger partial charge in [-0.15, -0.1) is 11.3 Å². The van der Waals surface area contributed by atoms with Crippen molar-refractivity contribution in [3.63, 3.8) is 0 Å². The number of aryl methyl sites for hydroxylation is 2. The van der Waals surface area contributed by atoms with Crippen LogP contribution in [-0.4, -0.2) is 4.98 Å². The van der Waals surface area contributed by atoms with Gasteiger partial charge in [-0.25, -0.2) is 4.98 Å². The number of aromatic nitrogens is 1. The van der Waals surface area contributed by atoms with Crippen LogP contribution >= 0.6 is 11.3 Å². The molecule has 2 N–H and O–H groups in total. The van der Waals surface area contributed by atoms with E-state index in [4.69, 9.17) is 10.2 Å². The molecule has 0 aliphatic rings. The van der Waals surface area contributed by atoms with E-state index in [-0.39, 0.29) is 6.04 Å². The molecular formula is C14H14N2OS. The molecule has 0 aliphatic heterocycles. The fourth-order valence-corrected chi connectivity index (χ4v) is 2.65. The summed E-state index contributed by atoms with van der Waals surface area (Å²) < 4.78 is 5.79. The van der Waals surface area contributed by atoms with Crippen molar-refractivity contribution in [3.05, 3.63) is 51.7 Å². The zero-order valence-electron chi connectivity index (χ0n) is 10.3. The van der Waals surface area contributed by atoms with Crippen LogP contribution in [0.1, 0.15) is 28.1 Å².